The van der Waals surface area contributed by atoms with Crippen LogP contribution in [-0.2, 0) is 16.4 Å². The number of carbonyl (C=O) groups excluding carboxylic acids is 1. The minimum atomic E-state index is -3.69. The number of amides is 1. The molecule has 8 nitrogen and oxygen atoms in total. The molecule has 1 aliphatic heterocycles. The molecule has 1 N–H and O–H groups in total. The number of thioether (sulfide) groups is 1. The first-order valence-electron chi connectivity index (χ1n) is 8.93. The Kier molecular flexibility index (Phi) is 6.43. The number of nitro groups is 1. The minimum absolute atomic E-state index is 0.0675. The fourth-order valence-corrected chi connectivity index (χ4v) is 4.54. The second-order valence-corrected chi connectivity index (χ2v) is 9.93. The van der Waals surface area contributed by atoms with E-state index in [9.17, 15) is 23.3 Å². The van der Waals surface area contributed by atoms with Crippen LogP contribution in [0.1, 0.15) is 15.9 Å². The quantitative estimate of drug-likeness (QED) is 0.548. The summed E-state index contributed by atoms with van der Waals surface area (Å²) in [5, 5.41) is 13.8. The van der Waals surface area contributed by atoms with Crippen molar-refractivity contribution in [2.45, 2.75) is 11.4 Å². The highest BCUT2D eigenvalue weighted by molar-refractivity contribution is 7.99. The number of sulfone groups is 1. The molecule has 29 heavy (non-hydrogen) atoms. The molecule has 2 aromatic rings. The Hall–Kier alpha value is -2.59. The summed E-state index contributed by atoms with van der Waals surface area (Å²) in [5.74, 6) is 1.64. The summed E-state index contributed by atoms with van der Waals surface area (Å²) >= 11 is 1.94. The molecule has 1 heterocycles. The lowest BCUT2D eigenvalue weighted by molar-refractivity contribution is -0.385. The van der Waals surface area contributed by atoms with Gasteiger partial charge in [-0.2, -0.15) is 11.8 Å². The average Bonchev–Trinajstić information content (AvgIpc) is 2.72. The molecule has 1 aliphatic rings. The molecule has 1 amide bonds. The van der Waals surface area contributed by atoms with Crippen molar-refractivity contribution in [3.05, 3.63) is 63.7 Å². The van der Waals surface area contributed by atoms with Crippen LogP contribution in [0.25, 0.3) is 0 Å². The summed E-state index contributed by atoms with van der Waals surface area (Å²) in [6.07, 6.45) is 0.941. The van der Waals surface area contributed by atoms with Gasteiger partial charge in [0.2, 0.25) is 0 Å². The second-order valence-electron chi connectivity index (χ2n) is 6.69. The van der Waals surface area contributed by atoms with Crippen LogP contribution in [0, 0.1) is 10.1 Å². The van der Waals surface area contributed by atoms with E-state index in [0.717, 1.165) is 60.3 Å². The number of hydrogen-bond donors (Lipinski definition) is 1. The third kappa shape index (κ3) is 5.48. The van der Waals surface area contributed by atoms with E-state index in [-0.39, 0.29) is 17.0 Å². The van der Waals surface area contributed by atoms with Gasteiger partial charge in [-0.1, -0.05) is 12.1 Å². The van der Waals surface area contributed by atoms with Crippen molar-refractivity contribution in [1.82, 2.24) is 5.32 Å². The maximum atomic E-state index is 12.4. The number of nitrogens with zero attached hydrogens (tertiary/aromatic N) is 2. The number of rotatable bonds is 6. The van der Waals surface area contributed by atoms with Crippen LogP contribution in [0.2, 0.25) is 0 Å². The lowest BCUT2D eigenvalue weighted by Crippen LogP contribution is -2.32. The van der Waals surface area contributed by atoms with Gasteiger partial charge in [0.1, 0.15) is 0 Å². The fourth-order valence-electron chi connectivity index (χ4n) is 2.96. The lowest BCUT2D eigenvalue weighted by atomic mass is 10.1. The first-order valence-corrected chi connectivity index (χ1v) is 12.0. The van der Waals surface area contributed by atoms with Crippen LogP contribution in [0.15, 0.2) is 47.4 Å². The zero-order valence-corrected chi connectivity index (χ0v) is 17.5. The molecule has 0 unspecified atom stereocenters. The van der Waals surface area contributed by atoms with Gasteiger partial charge in [-0.3, -0.25) is 14.9 Å². The van der Waals surface area contributed by atoms with Gasteiger partial charge in [0.05, 0.1) is 9.82 Å². The maximum absolute atomic E-state index is 12.4. The Morgan fingerprint density at radius 1 is 1.17 bits per heavy atom. The van der Waals surface area contributed by atoms with Crippen molar-refractivity contribution >= 4 is 38.9 Å². The van der Waals surface area contributed by atoms with E-state index in [1.165, 1.54) is 0 Å². The van der Waals surface area contributed by atoms with Crippen molar-refractivity contribution in [1.29, 1.82) is 0 Å². The average molecular weight is 436 g/mol. The van der Waals surface area contributed by atoms with E-state index in [1.54, 1.807) is 0 Å². The van der Waals surface area contributed by atoms with Gasteiger partial charge in [0.25, 0.3) is 11.6 Å². The molecule has 0 saturated carbocycles. The molecule has 1 saturated heterocycles. The van der Waals surface area contributed by atoms with Gasteiger partial charge in [-0.25, -0.2) is 8.42 Å². The first-order chi connectivity index (χ1) is 13.7. The van der Waals surface area contributed by atoms with Crippen molar-refractivity contribution < 1.29 is 18.1 Å². The normalized spacial score (nSPS) is 14.4. The minimum Gasteiger partial charge on any atom is -0.370 e. The molecule has 0 atom stereocenters. The Balaban J connectivity index is 1.70. The molecule has 2 aromatic carbocycles. The van der Waals surface area contributed by atoms with Crippen LogP contribution in [0.3, 0.4) is 0 Å². The summed E-state index contributed by atoms with van der Waals surface area (Å²) in [4.78, 5) is 24.8. The number of carbonyl (C=O) groups is 1. The highest BCUT2D eigenvalue weighted by Crippen LogP contribution is 2.22. The third-order valence-corrected chi connectivity index (χ3v) is 6.59. The van der Waals surface area contributed by atoms with Crippen LogP contribution in [0.5, 0.6) is 0 Å². The topological polar surface area (TPSA) is 110 Å². The van der Waals surface area contributed by atoms with E-state index in [0.29, 0.717) is 0 Å². The van der Waals surface area contributed by atoms with Crippen molar-refractivity contribution in [2.75, 3.05) is 35.8 Å². The molecule has 0 radical (unpaired) electrons. The summed E-state index contributed by atoms with van der Waals surface area (Å²) < 4.78 is 23.5. The van der Waals surface area contributed by atoms with E-state index in [4.69, 9.17) is 0 Å². The number of nitro benzene ring substituents is 1. The van der Waals surface area contributed by atoms with Gasteiger partial charge in [-0.15, -0.1) is 0 Å². The summed E-state index contributed by atoms with van der Waals surface area (Å²) in [6, 6.07) is 11.0. The zero-order valence-electron chi connectivity index (χ0n) is 15.8. The molecule has 0 aliphatic carbocycles. The number of benzene rings is 2. The van der Waals surface area contributed by atoms with Crippen LogP contribution in [-0.4, -0.2) is 50.1 Å². The van der Waals surface area contributed by atoms with E-state index in [1.807, 2.05) is 36.0 Å². The number of hydrogen-bond acceptors (Lipinski definition) is 7. The first kappa shape index (κ1) is 21.1. The number of nitrogens with one attached hydrogen (secondary N) is 1. The Bertz CT molecular complexity index is 1020. The highest BCUT2D eigenvalue weighted by atomic mass is 32.2. The highest BCUT2D eigenvalue weighted by Gasteiger charge is 2.19. The third-order valence-electron chi connectivity index (χ3n) is 4.56. The smallest absolute Gasteiger partial charge is 0.271 e. The molecule has 1 fully saturated rings. The monoisotopic (exact) mass is 435 g/mol. The molecule has 0 bridgehead atoms. The predicted molar refractivity (Wildman–Crippen MR) is 113 cm³/mol. The Morgan fingerprint density at radius 3 is 2.41 bits per heavy atom. The lowest BCUT2D eigenvalue weighted by Gasteiger charge is -2.28. The molecular weight excluding hydrogens is 414 g/mol. The second kappa shape index (κ2) is 8.83. The standard InChI is InChI=1S/C19H21N3O5S2/c1-29(26,27)18-11-15(10-17(12-18)22(24)25)19(23)20-13-14-2-4-16(5-3-14)21-6-8-28-9-7-21/h2-5,10-12H,6-9,13H2,1H3,(H,20,23). The summed E-state index contributed by atoms with van der Waals surface area (Å²) in [6.45, 7) is 2.25. The zero-order chi connectivity index (χ0) is 21.0. The fraction of sp³-hybridized carbons (Fsp3) is 0.316. The molecule has 0 aromatic heterocycles. The van der Waals surface area contributed by atoms with Crippen molar-refractivity contribution in [3.63, 3.8) is 0 Å². The van der Waals surface area contributed by atoms with E-state index < -0.39 is 26.4 Å². The number of non-ortho nitro benzene ring substituents is 1. The number of anilines is 1. The van der Waals surface area contributed by atoms with E-state index in [2.05, 4.69) is 10.2 Å². The molecule has 0 spiro atoms. The van der Waals surface area contributed by atoms with Crippen LogP contribution >= 0.6 is 11.8 Å². The van der Waals surface area contributed by atoms with Gasteiger partial charge in [0.15, 0.2) is 9.84 Å². The Morgan fingerprint density at radius 2 is 1.83 bits per heavy atom. The van der Waals surface area contributed by atoms with Gasteiger partial charge in [0, 0.05) is 60.8 Å². The van der Waals surface area contributed by atoms with Gasteiger partial charge >= 0.3 is 0 Å². The van der Waals surface area contributed by atoms with Crippen LogP contribution < -0.4 is 10.2 Å². The SMILES string of the molecule is CS(=O)(=O)c1cc(C(=O)NCc2ccc(N3CCSCC3)cc2)cc([N+](=O)[O-])c1. The van der Waals surface area contributed by atoms with E-state index >= 15 is 0 Å². The largest absolute Gasteiger partial charge is 0.370 e. The van der Waals surface area contributed by atoms with Gasteiger partial charge < -0.3 is 10.2 Å². The summed E-state index contributed by atoms with van der Waals surface area (Å²) in [7, 11) is -3.69. The molecule has 154 valence electrons. The Labute approximate surface area is 173 Å². The van der Waals surface area contributed by atoms with Gasteiger partial charge in [-0.05, 0) is 23.8 Å². The molecular formula is C19H21N3O5S2. The molecule has 3 rings (SSSR count). The predicted octanol–water partition coefficient (Wildman–Crippen LogP) is 2.48. The van der Waals surface area contributed by atoms with Crippen LogP contribution in [0.4, 0.5) is 11.4 Å². The van der Waals surface area contributed by atoms with Crippen molar-refractivity contribution in [3.8, 4) is 0 Å². The maximum Gasteiger partial charge on any atom is 0.271 e. The van der Waals surface area contributed by atoms with Crippen molar-refractivity contribution in [2.24, 2.45) is 0 Å². The summed E-state index contributed by atoms with van der Waals surface area (Å²) in [5.41, 5.74) is 1.50. The molecule has 10 heteroatoms.